The van der Waals surface area contributed by atoms with Gasteiger partial charge in [0.1, 0.15) is 5.01 Å². The first-order chi connectivity index (χ1) is 10.0. The first kappa shape index (κ1) is 21.9. The Kier molecular flexibility index (Phi) is 9.39. The molecule has 4 nitrogen and oxygen atoms in total. The van der Waals surface area contributed by atoms with Gasteiger partial charge in [-0.3, -0.25) is 4.79 Å². The molecule has 0 bridgehead atoms. The number of hydrogen-bond donors (Lipinski definition) is 1. The van der Waals surface area contributed by atoms with Gasteiger partial charge in [-0.2, -0.15) is 0 Å². The van der Waals surface area contributed by atoms with Crippen LogP contribution in [0.1, 0.15) is 18.2 Å². The Labute approximate surface area is 153 Å². The van der Waals surface area contributed by atoms with Crippen molar-refractivity contribution >= 4 is 42.1 Å². The largest absolute Gasteiger partial charge is 0.341 e. The number of halogens is 2. The lowest BCUT2D eigenvalue weighted by molar-refractivity contribution is -0.130. The van der Waals surface area contributed by atoms with Gasteiger partial charge in [-0.05, 0) is 13.8 Å². The molecule has 2 rings (SSSR count). The number of carbonyl (C=O) groups excluding carboxylic acids is 1. The van der Waals surface area contributed by atoms with Crippen LogP contribution in [-0.4, -0.2) is 35.4 Å². The van der Waals surface area contributed by atoms with Crippen LogP contribution in [0.25, 0.3) is 10.6 Å². The van der Waals surface area contributed by atoms with E-state index in [4.69, 9.17) is 5.73 Å². The predicted octanol–water partition coefficient (Wildman–Crippen LogP) is 3.31. The fourth-order valence-corrected chi connectivity index (χ4v) is 2.73. The van der Waals surface area contributed by atoms with E-state index < -0.39 is 0 Å². The van der Waals surface area contributed by atoms with E-state index in [1.54, 1.807) is 23.3 Å². The number of aromatic nitrogens is 1. The minimum Gasteiger partial charge on any atom is -0.341 e. The normalized spacial score (nSPS) is 11.1. The first-order valence-corrected chi connectivity index (χ1v) is 7.86. The van der Waals surface area contributed by atoms with E-state index in [0.29, 0.717) is 13.0 Å². The van der Waals surface area contributed by atoms with Gasteiger partial charge in [-0.25, -0.2) is 4.98 Å². The van der Waals surface area contributed by atoms with Crippen molar-refractivity contribution < 1.29 is 4.79 Å². The molecule has 1 unspecified atom stereocenters. The molecule has 0 radical (unpaired) electrons. The summed E-state index contributed by atoms with van der Waals surface area (Å²) in [7, 11) is 1.78. The Morgan fingerprint density at radius 1 is 1.30 bits per heavy atom. The molecule has 2 N–H and O–H groups in total. The van der Waals surface area contributed by atoms with E-state index >= 15 is 0 Å². The lowest BCUT2D eigenvalue weighted by Gasteiger charge is -2.23. The van der Waals surface area contributed by atoms with Crippen LogP contribution in [0.2, 0.25) is 0 Å². The number of aryl methyl sites for hydroxylation is 1. The lowest BCUT2D eigenvalue weighted by atomic mass is 10.2. The summed E-state index contributed by atoms with van der Waals surface area (Å²) in [4.78, 5) is 18.4. The van der Waals surface area contributed by atoms with E-state index in [2.05, 4.69) is 36.2 Å². The van der Waals surface area contributed by atoms with Crippen molar-refractivity contribution in [3.8, 4) is 10.6 Å². The number of rotatable bonds is 5. The summed E-state index contributed by atoms with van der Waals surface area (Å²) < 4.78 is 0. The van der Waals surface area contributed by atoms with E-state index in [-0.39, 0.29) is 36.8 Å². The second-order valence-corrected chi connectivity index (χ2v) is 6.13. The zero-order valence-corrected chi connectivity index (χ0v) is 15.9. The summed E-state index contributed by atoms with van der Waals surface area (Å²) in [6.45, 7) is 4.47. The summed E-state index contributed by atoms with van der Waals surface area (Å²) >= 11 is 1.57. The number of carbonyl (C=O) groups is 1. The minimum absolute atomic E-state index is 0. The van der Waals surface area contributed by atoms with Crippen LogP contribution in [0.3, 0.4) is 0 Å². The molecule has 1 heterocycles. The van der Waals surface area contributed by atoms with Crippen molar-refractivity contribution in [3.63, 3.8) is 0 Å². The molecule has 1 atom stereocenters. The zero-order valence-electron chi connectivity index (χ0n) is 13.5. The van der Waals surface area contributed by atoms with Gasteiger partial charge in [0.2, 0.25) is 5.91 Å². The Morgan fingerprint density at radius 3 is 2.48 bits per heavy atom. The Bertz CT molecular complexity index is 616. The van der Waals surface area contributed by atoms with Crippen LogP contribution in [0.15, 0.2) is 29.6 Å². The molecule has 128 valence electrons. The maximum Gasteiger partial charge on any atom is 0.228 e. The third-order valence-electron chi connectivity index (χ3n) is 3.58. The molecular formula is C16H23Cl2N3OS. The zero-order chi connectivity index (χ0) is 15.4. The average molecular weight is 376 g/mol. The van der Waals surface area contributed by atoms with Crippen molar-refractivity contribution in [3.05, 3.63) is 40.9 Å². The summed E-state index contributed by atoms with van der Waals surface area (Å²) in [5, 5.41) is 2.90. The molecule has 0 saturated carbocycles. The molecule has 1 aromatic carbocycles. The highest BCUT2D eigenvalue weighted by atomic mass is 35.5. The number of thiazole rings is 1. The van der Waals surface area contributed by atoms with E-state index in [1.807, 2.05) is 12.3 Å². The summed E-state index contributed by atoms with van der Waals surface area (Å²) in [5.41, 5.74) is 8.72. The first-order valence-electron chi connectivity index (χ1n) is 6.98. The highest BCUT2D eigenvalue weighted by molar-refractivity contribution is 7.13. The molecule has 0 aliphatic carbocycles. The highest BCUT2D eigenvalue weighted by Crippen LogP contribution is 2.24. The molecule has 0 saturated heterocycles. The summed E-state index contributed by atoms with van der Waals surface area (Å²) in [6, 6.07) is 8.30. The number of likely N-dealkylation sites (N-methyl/N-ethyl adjacent to an activating group) is 1. The quantitative estimate of drug-likeness (QED) is 0.871. The maximum absolute atomic E-state index is 12.1. The van der Waals surface area contributed by atoms with Crippen LogP contribution in [0, 0.1) is 6.92 Å². The Hall–Kier alpha value is -1.14. The number of nitrogens with zero attached hydrogens (tertiary/aromatic N) is 2. The van der Waals surface area contributed by atoms with Gasteiger partial charge in [0.15, 0.2) is 0 Å². The van der Waals surface area contributed by atoms with Crippen LogP contribution in [-0.2, 0) is 11.2 Å². The van der Waals surface area contributed by atoms with Crippen LogP contribution < -0.4 is 5.73 Å². The van der Waals surface area contributed by atoms with Crippen LogP contribution in [0.5, 0.6) is 0 Å². The van der Waals surface area contributed by atoms with Gasteiger partial charge in [0, 0.05) is 30.6 Å². The van der Waals surface area contributed by atoms with E-state index in [0.717, 1.165) is 16.3 Å². The summed E-state index contributed by atoms with van der Waals surface area (Å²) in [6.07, 6.45) is 0.323. The molecule has 0 aliphatic heterocycles. The molecule has 1 aromatic heterocycles. The Balaban J connectivity index is 0.00000242. The van der Waals surface area contributed by atoms with Crippen molar-refractivity contribution in [2.45, 2.75) is 26.3 Å². The molecule has 23 heavy (non-hydrogen) atoms. The monoisotopic (exact) mass is 375 g/mol. The van der Waals surface area contributed by atoms with Gasteiger partial charge < -0.3 is 10.6 Å². The Morgan fingerprint density at radius 2 is 1.91 bits per heavy atom. The number of hydrogen-bond acceptors (Lipinski definition) is 4. The molecule has 7 heteroatoms. The van der Waals surface area contributed by atoms with Crippen molar-refractivity contribution in [2.24, 2.45) is 5.73 Å². The van der Waals surface area contributed by atoms with Gasteiger partial charge in [-0.1, -0.05) is 29.8 Å². The van der Waals surface area contributed by atoms with Gasteiger partial charge in [0.05, 0.1) is 12.1 Å². The molecule has 1 amide bonds. The second kappa shape index (κ2) is 9.88. The maximum atomic E-state index is 12.1. The third-order valence-corrected chi connectivity index (χ3v) is 4.52. The smallest absolute Gasteiger partial charge is 0.228 e. The molecule has 0 aliphatic rings. The fourth-order valence-electron chi connectivity index (χ4n) is 1.90. The second-order valence-electron chi connectivity index (χ2n) is 5.28. The molecular weight excluding hydrogens is 353 g/mol. The van der Waals surface area contributed by atoms with Crippen molar-refractivity contribution in [1.82, 2.24) is 9.88 Å². The number of nitrogens with two attached hydrogens (primary N) is 1. The van der Waals surface area contributed by atoms with Gasteiger partial charge >= 0.3 is 0 Å². The average Bonchev–Trinajstić information content (AvgIpc) is 2.94. The van der Waals surface area contributed by atoms with Gasteiger partial charge in [0.25, 0.3) is 0 Å². The predicted molar refractivity (Wildman–Crippen MR) is 102 cm³/mol. The molecule has 0 spiro atoms. The third kappa shape index (κ3) is 5.77. The lowest BCUT2D eigenvalue weighted by Crippen LogP contribution is -2.40. The topological polar surface area (TPSA) is 59.2 Å². The number of amides is 1. The highest BCUT2D eigenvalue weighted by Gasteiger charge is 2.16. The molecule has 0 fully saturated rings. The van der Waals surface area contributed by atoms with E-state index in [1.165, 1.54) is 5.56 Å². The van der Waals surface area contributed by atoms with Gasteiger partial charge in [-0.15, -0.1) is 36.2 Å². The number of benzene rings is 1. The fraction of sp³-hybridized carbons (Fsp3) is 0.375. The SMILES string of the molecule is Cc1ccc(-c2nc(CC(=O)N(C)C(C)CN)cs2)cc1.Cl.Cl. The van der Waals surface area contributed by atoms with Crippen LogP contribution >= 0.6 is 36.2 Å². The van der Waals surface area contributed by atoms with E-state index in [9.17, 15) is 4.79 Å². The van der Waals surface area contributed by atoms with Crippen LogP contribution in [0.4, 0.5) is 0 Å². The molecule has 2 aromatic rings. The summed E-state index contributed by atoms with van der Waals surface area (Å²) in [5.74, 6) is 0.0497. The van der Waals surface area contributed by atoms with Crippen molar-refractivity contribution in [2.75, 3.05) is 13.6 Å². The standard InChI is InChI=1S/C16H21N3OS.2ClH/c1-11-4-6-13(7-5-11)16-18-14(10-21-16)8-15(20)19(3)12(2)9-17;;/h4-7,10,12H,8-9,17H2,1-3H3;2*1H. The van der Waals surface area contributed by atoms with Crippen molar-refractivity contribution in [1.29, 1.82) is 0 Å². The minimum atomic E-state index is 0.